The van der Waals surface area contributed by atoms with Crippen LogP contribution in [-0.2, 0) is 6.54 Å². The Kier molecular flexibility index (Phi) is 4.93. The first-order chi connectivity index (χ1) is 13.9. The van der Waals surface area contributed by atoms with Crippen molar-refractivity contribution in [1.29, 1.82) is 0 Å². The minimum atomic E-state index is -0.233. The van der Waals surface area contributed by atoms with Crippen LogP contribution in [0.2, 0.25) is 0 Å². The quantitative estimate of drug-likeness (QED) is 0.314. The molecule has 0 saturated carbocycles. The third kappa shape index (κ3) is 3.54. The van der Waals surface area contributed by atoms with Gasteiger partial charge in [-0.1, -0.05) is 23.5 Å². The van der Waals surface area contributed by atoms with Crippen molar-refractivity contribution in [1.82, 2.24) is 24.7 Å². The number of carbonyl (C=O) groups is 1. The van der Waals surface area contributed by atoms with Gasteiger partial charge in [0.2, 0.25) is 0 Å². The average Bonchev–Trinajstić information content (AvgIpc) is 3.33. The molecule has 3 heterocycles. The van der Waals surface area contributed by atoms with Crippen LogP contribution in [0.1, 0.15) is 27.3 Å². The molecule has 0 saturated heterocycles. The Morgan fingerprint density at radius 2 is 2.14 bits per heavy atom. The molecule has 1 aromatic carbocycles. The summed E-state index contributed by atoms with van der Waals surface area (Å²) < 4.78 is 2.36. The SMILES string of the molecule is C=CCn1c(-c2sc(NC(=O)c3cc4c(C)cc(C)cc4[nH]3)nc2C)n[nH]c1=S. The molecule has 0 aliphatic heterocycles. The van der Waals surface area contributed by atoms with E-state index in [4.69, 9.17) is 12.2 Å². The number of hydrogen-bond donors (Lipinski definition) is 3. The van der Waals surface area contributed by atoms with E-state index >= 15 is 0 Å². The van der Waals surface area contributed by atoms with E-state index in [0.717, 1.165) is 32.6 Å². The van der Waals surface area contributed by atoms with Crippen LogP contribution in [-0.4, -0.2) is 30.6 Å². The van der Waals surface area contributed by atoms with Gasteiger partial charge in [0.25, 0.3) is 5.91 Å². The molecule has 0 radical (unpaired) electrons. The van der Waals surface area contributed by atoms with Gasteiger partial charge in [-0.3, -0.25) is 19.8 Å². The van der Waals surface area contributed by atoms with Gasteiger partial charge in [-0.15, -0.1) is 6.58 Å². The summed E-state index contributed by atoms with van der Waals surface area (Å²) in [4.78, 5) is 21.3. The summed E-state index contributed by atoms with van der Waals surface area (Å²) in [5.41, 5.74) is 4.50. The topological polar surface area (TPSA) is 91.4 Å². The lowest BCUT2D eigenvalue weighted by Crippen LogP contribution is -2.11. The van der Waals surface area contributed by atoms with E-state index in [1.165, 1.54) is 11.3 Å². The number of hydrogen-bond acceptors (Lipinski definition) is 5. The highest BCUT2D eigenvalue weighted by Crippen LogP contribution is 2.32. The summed E-state index contributed by atoms with van der Waals surface area (Å²) in [6, 6.07) is 6.01. The molecular weight excluding hydrogens is 404 g/mol. The molecule has 29 heavy (non-hydrogen) atoms. The second-order valence-corrected chi connectivity index (χ2v) is 8.25. The standard InChI is InChI=1S/C20H20N6OS2/c1-5-6-26-17(24-25-20(26)28)16-12(4)21-19(29-16)23-18(27)15-9-13-11(3)7-10(2)8-14(13)22-15/h5,7-9,22H,1,6H2,2-4H3,(H,25,28)(H,21,23,27). The second-order valence-electron chi connectivity index (χ2n) is 6.87. The summed E-state index contributed by atoms with van der Waals surface area (Å²) in [5.74, 6) is 0.450. The number of amides is 1. The largest absolute Gasteiger partial charge is 0.351 e. The van der Waals surface area contributed by atoms with Gasteiger partial charge >= 0.3 is 0 Å². The van der Waals surface area contributed by atoms with E-state index in [0.29, 0.717) is 28.0 Å². The van der Waals surface area contributed by atoms with Crippen LogP contribution in [0.25, 0.3) is 21.6 Å². The van der Waals surface area contributed by atoms with Crippen molar-refractivity contribution in [3.63, 3.8) is 0 Å². The molecule has 0 aliphatic carbocycles. The van der Waals surface area contributed by atoms with Crippen LogP contribution in [0.4, 0.5) is 5.13 Å². The molecule has 0 unspecified atom stereocenters. The Labute approximate surface area is 176 Å². The zero-order valence-corrected chi connectivity index (χ0v) is 17.9. The number of H-pyrrole nitrogens is 2. The fraction of sp³-hybridized carbons (Fsp3) is 0.200. The Morgan fingerprint density at radius 1 is 1.34 bits per heavy atom. The normalized spacial score (nSPS) is 11.1. The molecule has 4 aromatic rings. The molecule has 0 spiro atoms. The van der Waals surface area contributed by atoms with Crippen molar-refractivity contribution < 1.29 is 4.79 Å². The van der Waals surface area contributed by atoms with E-state index in [-0.39, 0.29) is 5.91 Å². The van der Waals surface area contributed by atoms with Crippen molar-refractivity contribution in [2.24, 2.45) is 0 Å². The van der Waals surface area contributed by atoms with Gasteiger partial charge in [0.05, 0.1) is 10.6 Å². The number of fused-ring (bicyclic) bond motifs is 1. The van der Waals surface area contributed by atoms with E-state index < -0.39 is 0 Å². The van der Waals surface area contributed by atoms with Crippen LogP contribution < -0.4 is 5.32 Å². The third-order valence-corrected chi connectivity index (χ3v) is 6.00. The summed E-state index contributed by atoms with van der Waals surface area (Å²) in [6.45, 7) is 10.3. The van der Waals surface area contributed by atoms with E-state index in [9.17, 15) is 4.79 Å². The maximum atomic E-state index is 12.8. The first-order valence-corrected chi connectivity index (χ1v) is 10.2. The number of allylic oxidation sites excluding steroid dienone is 1. The number of aryl methyl sites for hydroxylation is 3. The molecule has 3 aromatic heterocycles. The Morgan fingerprint density at radius 3 is 2.90 bits per heavy atom. The highest BCUT2D eigenvalue weighted by atomic mass is 32.1. The monoisotopic (exact) mass is 424 g/mol. The van der Waals surface area contributed by atoms with Crippen molar-refractivity contribution in [2.75, 3.05) is 5.32 Å². The maximum Gasteiger partial charge on any atom is 0.273 e. The van der Waals surface area contributed by atoms with E-state index in [2.05, 4.69) is 38.1 Å². The fourth-order valence-corrected chi connectivity index (χ4v) is 4.50. The number of nitrogens with one attached hydrogen (secondary N) is 3. The fourth-order valence-electron chi connectivity index (χ4n) is 3.33. The van der Waals surface area contributed by atoms with Gasteiger partial charge in [0.1, 0.15) is 5.69 Å². The number of nitrogens with zero attached hydrogens (tertiary/aromatic N) is 3. The molecule has 7 nitrogen and oxygen atoms in total. The highest BCUT2D eigenvalue weighted by Gasteiger charge is 2.18. The number of anilines is 1. The summed E-state index contributed by atoms with van der Waals surface area (Å²) in [6.07, 6.45) is 1.76. The van der Waals surface area contributed by atoms with Gasteiger partial charge in [-0.2, -0.15) is 5.10 Å². The van der Waals surface area contributed by atoms with Crippen LogP contribution in [0, 0.1) is 25.5 Å². The number of thiazole rings is 1. The molecular formula is C20H20N6OS2. The van der Waals surface area contributed by atoms with Crippen LogP contribution in [0.3, 0.4) is 0 Å². The molecule has 1 amide bonds. The lowest BCUT2D eigenvalue weighted by atomic mass is 10.1. The second kappa shape index (κ2) is 7.41. The lowest BCUT2D eigenvalue weighted by molar-refractivity contribution is 0.102. The molecule has 0 bridgehead atoms. The van der Waals surface area contributed by atoms with Crippen molar-refractivity contribution in [2.45, 2.75) is 27.3 Å². The highest BCUT2D eigenvalue weighted by molar-refractivity contribution is 7.71. The zero-order chi connectivity index (χ0) is 20.7. The van der Waals surface area contributed by atoms with Gasteiger partial charge < -0.3 is 4.98 Å². The first kappa shape index (κ1) is 19.3. The summed E-state index contributed by atoms with van der Waals surface area (Å²) in [5, 5.41) is 11.5. The number of aromatic amines is 2. The number of aromatic nitrogens is 5. The van der Waals surface area contributed by atoms with Crippen molar-refractivity contribution >= 4 is 45.5 Å². The molecule has 9 heteroatoms. The predicted octanol–water partition coefficient (Wildman–Crippen LogP) is 4.91. The first-order valence-electron chi connectivity index (χ1n) is 9.02. The van der Waals surface area contributed by atoms with Gasteiger partial charge in [-0.05, 0) is 56.2 Å². The summed E-state index contributed by atoms with van der Waals surface area (Å²) in [7, 11) is 0. The van der Waals surface area contributed by atoms with Crippen molar-refractivity contribution in [3.05, 3.63) is 58.1 Å². The van der Waals surface area contributed by atoms with E-state index in [1.54, 1.807) is 6.08 Å². The smallest absolute Gasteiger partial charge is 0.273 e. The van der Waals surface area contributed by atoms with Crippen LogP contribution in [0.5, 0.6) is 0 Å². The Hall–Kier alpha value is -3.04. The minimum Gasteiger partial charge on any atom is -0.351 e. The Bertz CT molecular complexity index is 1310. The summed E-state index contributed by atoms with van der Waals surface area (Å²) >= 11 is 6.64. The lowest BCUT2D eigenvalue weighted by Gasteiger charge is -2.01. The third-order valence-electron chi connectivity index (χ3n) is 4.62. The van der Waals surface area contributed by atoms with Crippen molar-refractivity contribution in [3.8, 4) is 10.7 Å². The molecule has 0 atom stereocenters. The van der Waals surface area contributed by atoms with Gasteiger partial charge in [-0.25, -0.2) is 4.98 Å². The number of rotatable bonds is 5. The Balaban J connectivity index is 1.64. The van der Waals surface area contributed by atoms with Crippen LogP contribution in [0.15, 0.2) is 30.9 Å². The maximum absolute atomic E-state index is 12.8. The van der Waals surface area contributed by atoms with Crippen LogP contribution >= 0.6 is 23.6 Å². The molecule has 0 aliphatic rings. The molecule has 4 rings (SSSR count). The number of benzene rings is 1. The average molecular weight is 425 g/mol. The molecule has 3 N–H and O–H groups in total. The predicted molar refractivity (Wildman–Crippen MR) is 119 cm³/mol. The molecule has 0 fully saturated rings. The van der Waals surface area contributed by atoms with Gasteiger partial charge in [0, 0.05) is 17.4 Å². The number of carbonyl (C=O) groups excluding carboxylic acids is 1. The van der Waals surface area contributed by atoms with Gasteiger partial charge in [0.15, 0.2) is 15.7 Å². The zero-order valence-electron chi connectivity index (χ0n) is 16.3. The minimum absolute atomic E-state index is 0.233. The van der Waals surface area contributed by atoms with E-state index in [1.807, 2.05) is 37.5 Å². The molecule has 148 valence electrons.